The molecule has 1 amide bonds. The number of amides is 1. The molecule has 1 aliphatic rings. The Kier molecular flexibility index (Phi) is 4.88. The lowest BCUT2D eigenvalue weighted by Crippen LogP contribution is -2.41. The summed E-state index contributed by atoms with van der Waals surface area (Å²) >= 11 is 0. The number of nitrogens with zero attached hydrogens (tertiary/aromatic N) is 4. The zero-order chi connectivity index (χ0) is 16.2. The normalized spacial score (nSPS) is 15.9. The Morgan fingerprint density at radius 3 is 2.39 bits per heavy atom. The lowest BCUT2D eigenvalue weighted by molar-refractivity contribution is -0.122. The second-order valence-corrected chi connectivity index (χ2v) is 5.96. The van der Waals surface area contributed by atoms with E-state index in [0.717, 1.165) is 43.9 Å². The molecule has 2 heterocycles. The molecule has 7 nitrogen and oxygen atoms in total. The minimum absolute atomic E-state index is 0.0630. The third-order valence-electron chi connectivity index (χ3n) is 4.18. The van der Waals surface area contributed by atoms with E-state index in [1.165, 1.54) is 15.9 Å². The van der Waals surface area contributed by atoms with E-state index in [-0.39, 0.29) is 12.5 Å². The second-order valence-electron chi connectivity index (χ2n) is 5.96. The maximum absolute atomic E-state index is 12.0. The predicted octanol–water partition coefficient (Wildman–Crippen LogP) is 0.497. The average molecular weight is 317 g/mol. The van der Waals surface area contributed by atoms with Crippen LogP contribution in [0.4, 0.5) is 0 Å². The highest BCUT2D eigenvalue weighted by atomic mass is 16.5. The lowest BCUT2D eigenvalue weighted by Gasteiger charge is -2.26. The quantitative estimate of drug-likeness (QED) is 0.869. The van der Waals surface area contributed by atoms with E-state index in [4.69, 9.17) is 4.74 Å². The van der Waals surface area contributed by atoms with Crippen LogP contribution in [0.25, 0.3) is 11.0 Å². The van der Waals surface area contributed by atoms with E-state index >= 15 is 0 Å². The third kappa shape index (κ3) is 4.05. The minimum Gasteiger partial charge on any atom is -0.379 e. The van der Waals surface area contributed by atoms with Gasteiger partial charge in [0.15, 0.2) is 0 Å². The van der Waals surface area contributed by atoms with Crippen LogP contribution in [0.5, 0.6) is 0 Å². The maximum Gasteiger partial charge on any atom is 0.243 e. The molecule has 7 heteroatoms. The topological polar surface area (TPSA) is 72.3 Å². The Bertz CT molecular complexity index is 652. The summed E-state index contributed by atoms with van der Waals surface area (Å²) in [5.74, 6) is -0.0630. The smallest absolute Gasteiger partial charge is 0.243 e. The number of carbonyl (C=O) groups excluding carboxylic acids is 1. The molecular weight excluding hydrogens is 294 g/mol. The molecule has 0 atom stereocenters. The van der Waals surface area contributed by atoms with Gasteiger partial charge in [0.1, 0.15) is 17.6 Å². The van der Waals surface area contributed by atoms with Crippen molar-refractivity contribution in [3.63, 3.8) is 0 Å². The summed E-state index contributed by atoms with van der Waals surface area (Å²) in [4.78, 5) is 15.8. The molecule has 0 bridgehead atoms. The number of hydrogen-bond acceptors (Lipinski definition) is 5. The van der Waals surface area contributed by atoms with Gasteiger partial charge < -0.3 is 10.1 Å². The number of aryl methyl sites for hydroxylation is 2. The number of morpholine rings is 1. The molecule has 0 radical (unpaired) electrons. The first-order chi connectivity index (χ1) is 11.1. The summed E-state index contributed by atoms with van der Waals surface area (Å²) in [5, 5.41) is 11.7. The van der Waals surface area contributed by atoms with Crippen LogP contribution in [0.3, 0.4) is 0 Å². The van der Waals surface area contributed by atoms with Gasteiger partial charge in [0, 0.05) is 26.2 Å². The van der Waals surface area contributed by atoms with Gasteiger partial charge in [-0.25, -0.2) is 0 Å². The fraction of sp³-hybridized carbons (Fsp3) is 0.562. The monoisotopic (exact) mass is 317 g/mol. The number of benzene rings is 1. The number of ether oxygens (including phenoxy) is 1. The standard InChI is InChI=1S/C16H23N5O2/c1-12-9-14-15(10-13(12)2)19-21(18-14)11-16(22)17-3-4-20-5-7-23-8-6-20/h9-10H,3-8,11H2,1-2H3,(H,17,22). The highest BCUT2D eigenvalue weighted by Gasteiger charge is 2.11. The molecule has 2 aromatic rings. The number of hydrogen-bond donors (Lipinski definition) is 1. The molecule has 0 saturated carbocycles. The summed E-state index contributed by atoms with van der Waals surface area (Å²) < 4.78 is 5.30. The van der Waals surface area contributed by atoms with E-state index in [0.29, 0.717) is 6.54 Å². The van der Waals surface area contributed by atoms with Crippen molar-refractivity contribution in [1.82, 2.24) is 25.2 Å². The molecule has 3 rings (SSSR count). The molecule has 1 saturated heterocycles. The molecule has 1 aliphatic heterocycles. The van der Waals surface area contributed by atoms with Crippen molar-refractivity contribution in [3.05, 3.63) is 23.3 Å². The van der Waals surface area contributed by atoms with E-state index in [2.05, 4.69) is 20.4 Å². The molecule has 124 valence electrons. The van der Waals surface area contributed by atoms with Crippen molar-refractivity contribution in [2.45, 2.75) is 20.4 Å². The lowest BCUT2D eigenvalue weighted by atomic mass is 10.1. The number of fused-ring (bicyclic) bond motifs is 1. The van der Waals surface area contributed by atoms with Crippen molar-refractivity contribution in [3.8, 4) is 0 Å². The van der Waals surface area contributed by atoms with E-state index < -0.39 is 0 Å². The molecule has 0 unspecified atom stereocenters. The van der Waals surface area contributed by atoms with Crippen LogP contribution in [-0.2, 0) is 16.1 Å². The fourth-order valence-electron chi connectivity index (χ4n) is 2.65. The molecule has 1 N–H and O–H groups in total. The summed E-state index contributed by atoms with van der Waals surface area (Å²) in [7, 11) is 0. The summed E-state index contributed by atoms with van der Waals surface area (Å²) in [6, 6.07) is 4.01. The van der Waals surface area contributed by atoms with Gasteiger partial charge in [-0.1, -0.05) is 0 Å². The molecule has 0 aliphatic carbocycles. The first-order valence-electron chi connectivity index (χ1n) is 8.01. The summed E-state index contributed by atoms with van der Waals surface area (Å²) in [6.07, 6.45) is 0. The summed E-state index contributed by atoms with van der Waals surface area (Å²) in [6.45, 7) is 9.14. The predicted molar refractivity (Wildman–Crippen MR) is 87.3 cm³/mol. The highest BCUT2D eigenvalue weighted by Crippen LogP contribution is 2.15. The van der Waals surface area contributed by atoms with E-state index in [9.17, 15) is 4.79 Å². The largest absolute Gasteiger partial charge is 0.379 e. The first-order valence-corrected chi connectivity index (χ1v) is 8.01. The van der Waals surface area contributed by atoms with Gasteiger partial charge in [0.05, 0.1) is 13.2 Å². The number of rotatable bonds is 5. The molecular formula is C16H23N5O2. The van der Waals surface area contributed by atoms with Crippen molar-refractivity contribution in [1.29, 1.82) is 0 Å². The number of carbonyl (C=O) groups is 1. The number of nitrogens with one attached hydrogen (secondary N) is 1. The van der Waals surface area contributed by atoms with Gasteiger partial charge in [-0.05, 0) is 37.1 Å². The van der Waals surface area contributed by atoms with Crippen LogP contribution in [0, 0.1) is 13.8 Å². The first kappa shape index (κ1) is 15.9. The van der Waals surface area contributed by atoms with Crippen LogP contribution >= 0.6 is 0 Å². The van der Waals surface area contributed by atoms with Crippen LogP contribution in [0.2, 0.25) is 0 Å². The molecule has 0 spiro atoms. The van der Waals surface area contributed by atoms with E-state index in [1.807, 2.05) is 26.0 Å². The Balaban J connectivity index is 1.51. The van der Waals surface area contributed by atoms with Gasteiger partial charge in [0.2, 0.25) is 5.91 Å². The number of aromatic nitrogens is 3. The van der Waals surface area contributed by atoms with Gasteiger partial charge in [-0.15, -0.1) is 0 Å². The van der Waals surface area contributed by atoms with Crippen LogP contribution in [0.15, 0.2) is 12.1 Å². The zero-order valence-electron chi connectivity index (χ0n) is 13.7. The fourth-order valence-corrected chi connectivity index (χ4v) is 2.65. The van der Waals surface area contributed by atoms with Crippen LogP contribution in [0.1, 0.15) is 11.1 Å². The molecule has 1 aromatic carbocycles. The van der Waals surface area contributed by atoms with E-state index in [1.54, 1.807) is 0 Å². The summed E-state index contributed by atoms with van der Waals surface area (Å²) in [5.41, 5.74) is 4.02. The highest BCUT2D eigenvalue weighted by molar-refractivity contribution is 5.77. The SMILES string of the molecule is Cc1cc2nn(CC(=O)NCCN3CCOCC3)nc2cc1C. The van der Waals surface area contributed by atoms with Gasteiger partial charge in [-0.3, -0.25) is 9.69 Å². The van der Waals surface area contributed by atoms with Crippen LogP contribution < -0.4 is 5.32 Å². The van der Waals surface area contributed by atoms with Gasteiger partial charge in [-0.2, -0.15) is 15.0 Å². The molecule has 1 fully saturated rings. The second kappa shape index (κ2) is 7.06. The van der Waals surface area contributed by atoms with Crippen molar-refractivity contribution in [2.75, 3.05) is 39.4 Å². The van der Waals surface area contributed by atoms with Crippen molar-refractivity contribution in [2.24, 2.45) is 0 Å². The van der Waals surface area contributed by atoms with Gasteiger partial charge >= 0.3 is 0 Å². The van der Waals surface area contributed by atoms with Crippen LogP contribution in [-0.4, -0.2) is 65.2 Å². The average Bonchev–Trinajstić information content (AvgIpc) is 2.90. The Labute approximate surface area is 135 Å². The van der Waals surface area contributed by atoms with Crippen molar-refractivity contribution >= 4 is 16.9 Å². The zero-order valence-corrected chi connectivity index (χ0v) is 13.7. The van der Waals surface area contributed by atoms with Crippen molar-refractivity contribution < 1.29 is 9.53 Å². The maximum atomic E-state index is 12.0. The third-order valence-corrected chi connectivity index (χ3v) is 4.18. The van der Waals surface area contributed by atoms with Gasteiger partial charge in [0.25, 0.3) is 0 Å². The Morgan fingerprint density at radius 1 is 1.17 bits per heavy atom. The molecule has 1 aromatic heterocycles. The minimum atomic E-state index is -0.0630. The Morgan fingerprint density at radius 2 is 1.78 bits per heavy atom. The molecule has 23 heavy (non-hydrogen) atoms. The Hall–Kier alpha value is -1.99.